The SMILES string of the molecule is CCCN(CCC)c1cc(OCCN2CCOCC2)nc(/C=N/Nc2ccc(C)c(C)c2)n1. The summed E-state index contributed by atoms with van der Waals surface area (Å²) >= 11 is 0. The van der Waals surface area contributed by atoms with E-state index in [0.29, 0.717) is 18.3 Å². The van der Waals surface area contributed by atoms with E-state index in [4.69, 9.17) is 14.5 Å². The third-order valence-corrected chi connectivity index (χ3v) is 5.66. The summed E-state index contributed by atoms with van der Waals surface area (Å²) in [7, 11) is 0. The van der Waals surface area contributed by atoms with Gasteiger partial charge in [-0.15, -0.1) is 0 Å². The highest BCUT2D eigenvalue weighted by Gasteiger charge is 2.13. The molecule has 2 aromatic rings. The van der Waals surface area contributed by atoms with Crippen LogP contribution >= 0.6 is 0 Å². The number of morpholine rings is 1. The molecule has 0 spiro atoms. The Labute approximate surface area is 198 Å². The van der Waals surface area contributed by atoms with Crippen molar-refractivity contribution < 1.29 is 9.47 Å². The molecule has 1 aliphatic heterocycles. The molecule has 0 unspecified atom stereocenters. The van der Waals surface area contributed by atoms with E-state index in [2.05, 4.69) is 65.1 Å². The van der Waals surface area contributed by atoms with E-state index in [9.17, 15) is 0 Å². The van der Waals surface area contributed by atoms with Crippen molar-refractivity contribution in [2.75, 3.05) is 62.9 Å². The second-order valence-electron chi connectivity index (χ2n) is 8.38. The molecule has 0 saturated carbocycles. The zero-order valence-corrected chi connectivity index (χ0v) is 20.5. The Kier molecular flexibility index (Phi) is 9.90. The maximum absolute atomic E-state index is 6.05. The van der Waals surface area contributed by atoms with Gasteiger partial charge >= 0.3 is 0 Å². The van der Waals surface area contributed by atoms with Crippen molar-refractivity contribution in [1.82, 2.24) is 14.9 Å². The van der Waals surface area contributed by atoms with E-state index >= 15 is 0 Å². The third kappa shape index (κ3) is 7.98. The van der Waals surface area contributed by atoms with Crippen LogP contribution in [0.5, 0.6) is 5.88 Å². The molecule has 2 heterocycles. The molecule has 1 saturated heterocycles. The molecule has 1 aliphatic rings. The molecule has 33 heavy (non-hydrogen) atoms. The number of hydrogen-bond acceptors (Lipinski definition) is 8. The highest BCUT2D eigenvalue weighted by Crippen LogP contribution is 2.19. The Morgan fingerprint density at radius 3 is 2.55 bits per heavy atom. The first-order chi connectivity index (χ1) is 16.1. The average molecular weight is 455 g/mol. The smallest absolute Gasteiger partial charge is 0.219 e. The average Bonchev–Trinajstić information content (AvgIpc) is 2.82. The number of ether oxygens (including phenoxy) is 2. The molecular weight excluding hydrogens is 416 g/mol. The lowest BCUT2D eigenvalue weighted by Crippen LogP contribution is -2.38. The number of aryl methyl sites for hydroxylation is 2. The van der Waals surface area contributed by atoms with E-state index < -0.39 is 0 Å². The number of hydrogen-bond donors (Lipinski definition) is 1. The predicted molar refractivity (Wildman–Crippen MR) is 135 cm³/mol. The predicted octanol–water partition coefficient (Wildman–Crippen LogP) is 3.88. The minimum atomic E-state index is 0.530. The molecule has 1 N–H and O–H groups in total. The van der Waals surface area contributed by atoms with Crippen LogP contribution in [0, 0.1) is 13.8 Å². The minimum absolute atomic E-state index is 0.530. The first kappa shape index (κ1) is 24.9. The van der Waals surface area contributed by atoms with Crippen molar-refractivity contribution in [2.45, 2.75) is 40.5 Å². The molecule has 0 amide bonds. The van der Waals surface area contributed by atoms with Gasteiger partial charge in [0, 0.05) is 38.8 Å². The summed E-state index contributed by atoms with van der Waals surface area (Å²) in [5.41, 5.74) is 6.50. The third-order valence-electron chi connectivity index (χ3n) is 5.66. The largest absolute Gasteiger partial charge is 0.476 e. The molecule has 8 heteroatoms. The van der Waals surface area contributed by atoms with Crippen LogP contribution in [0.3, 0.4) is 0 Å². The molecule has 0 bridgehead atoms. The summed E-state index contributed by atoms with van der Waals surface area (Å²) in [4.78, 5) is 14.0. The standard InChI is InChI=1S/C25H38N6O2/c1-5-9-31(10-6-2)24-18-25(33-16-13-30-11-14-32-15-12-30)28-23(27-24)19-26-29-22-8-7-20(3)21(4)17-22/h7-8,17-19,29H,5-6,9-16H2,1-4H3/b26-19+. The lowest BCUT2D eigenvalue weighted by molar-refractivity contribution is 0.0320. The molecule has 8 nitrogen and oxygen atoms in total. The molecule has 1 aromatic carbocycles. The molecule has 0 radical (unpaired) electrons. The Morgan fingerprint density at radius 1 is 1.09 bits per heavy atom. The summed E-state index contributed by atoms with van der Waals surface area (Å²) in [6.45, 7) is 15.3. The molecular formula is C25H38N6O2. The Hall–Kier alpha value is -2.71. The van der Waals surface area contributed by atoms with Crippen molar-refractivity contribution in [3.63, 3.8) is 0 Å². The van der Waals surface area contributed by atoms with Gasteiger partial charge in [0.1, 0.15) is 12.4 Å². The van der Waals surface area contributed by atoms with Crippen LogP contribution < -0.4 is 15.1 Å². The van der Waals surface area contributed by atoms with Gasteiger partial charge in [0.25, 0.3) is 0 Å². The number of anilines is 2. The van der Waals surface area contributed by atoms with E-state index in [1.54, 1.807) is 6.21 Å². The molecule has 1 aromatic heterocycles. The molecule has 180 valence electrons. The van der Waals surface area contributed by atoms with Crippen molar-refractivity contribution in [3.05, 3.63) is 41.2 Å². The van der Waals surface area contributed by atoms with Crippen LogP contribution in [-0.4, -0.2) is 73.6 Å². The van der Waals surface area contributed by atoms with Gasteiger partial charge in [-0.2, -0.15) is 10.1 Å². The van der Waals surface area contributed by atoms with Gasteiger partial charge < -0.3 is 14.4 Å². The fourth-order valence-corrected chi connectivity index (χ4v) is 3.68. The van der Waals surface area contributed by atoms with Gasteiger partial charge in [0.15, 0.2) is 5.82 Å². The zero-order chi connectivity index (χ0) is 23.5. The topological polar surface area (TPSA) is 75.1 Å². The van der Waals surface area contributed by atoms with Crippen molar-refractivity contribution >= 4 is 17.7 Å². The number of nitrogens with zero attached hydrogens (tertiary/aromatic N) is 5. The van der Waals surface area contributed by atoms with Crippen molar-refractivity contribution in [2.24, 2.45) is 5.10 Å². The quantitative estimate of drug-likeness (QED) is 0.385. The number of benzene rings is 1. The Bertz CT molecular complexity index is 892. The lowest BCUT2D eigenvalue weighted by atomic mass is 10.1. The number of aromatic nitrogens is 2. The van der Waals surface area contributed by atoms with E-state index in [1.165, 1.54) is 11.1 Å². The van der Waals surface area contributed by atoms with Crippen LogP contribution in [0.4, 0.5) is 11.5 Å². The Morgan fingerprint density at radius 2 is 1.85 bits per heavy atom. The first-order valence-corrected chi connectivity index (χ1v) is 12.0. The number of rotatable bonds is 12. The van der Waals surface area contributed by atoms with Crippen LogP contribution in [-0.2, 0) is 4.74 Å². The van der Waals surface area contributed by atoms with Crippen LogP contribution in [0.15, 0.2) is 29.4 Å². The van der Waals surface area contributed by atoms with Gasteiger partial charge in [-0.05, 0) is 49.9 Å². The number of nitrogens with one attached hydrogen (secondary N) is 1. The van der Waals surface area contributed by atoms with Gasteiger partial charge in [-0.1, -0.05) is 19.9 Å². The highest BCUT2D eigenvalue weighted by atomic mass is 16.5. The Balaban J connectivity index is 1.72. The molecule has 1 fully saturated rings. The molecule has 0 aliphatic carbocycles. The first-order valence-electron chi connectivity index (χ1n) is 12.0. The second kappa shape index (κ2) is 13.1. The second-order valence-corrected chi connectivity index (χ2v) is 8.38. The van der Waals surface area contributed by atoms with Gasteiger partial charge in [-0.25, -0.2) is 4.98 Å². The fourth-order valence-electron chi connectivity index (χ4n) is 3.68. The van der Waals surface area contributed by atoms with Gasteiger partial charge in [0.2, 0.25) is 5.88 Å². The van der Waals surface area contributed by atoms with Gasteiger partial charge in [0.05, 0.1) is 25.1 Å². The van der Waals surface area contributed by atoms with Crippen LogP contribution in [0.1, 0.15) is 43.6 Å². The fraction of sp³-hybridized carbons (Fsp3) is 0.560. The van der Waals surface area contributed by atoms with E-state index in [1.807, 2.05) is 12.1 Å². The monoisotopic (exact) mass is 454 g/mol. The van der Waals surface area contributed by atoms with Crippen LogP contribution in [0.2, 0.25) is 0 Å². The van der Waals surface area contributed by atoms with E-state index in [-0.39, 0.29) is 0 Å². The summed E-state index contributed by atoms with van der Waals surface area (Å²) in [5, 5.41) is 4.37. The summed E-state index contributed by atoms with van der Waals surface area (Å²) in [6.07, 6.45) is 3.76. The summed E-state index contributed by atoms with van der Waals surface area (Å²) in [6, 6.07) is 8.12. The normalized spacial score (nSPS) is 14.5. The van der Waals surface area contributed by atoms with Crippen molar-refractivity contribution in [3.8, 4) is 5.88 Å². The van der Waals surface area contributed by atoms with Crippen molar-refractivity contribution in [1.29, 1.82) is 0 Å². The maximum atomic E-state index is 6.05. The zero-order valence-electron chi connectivity index (χ0n) is 20.5. The molecule has 0 atom stereocenters. The maximum Gasteiger partial charge on any atom is 0.219 e. The highest BCUT2D eigenvalue weighted by molar-refractivity contribution is 5.76. The lowest BCUT2D eigenvalue weighted by Gasteiger charge is -2.26. The minimum Gasteiger partial charge on any atom is -0.476 e. The summed E-state index contributed by atoms with van der Waals surface area (Å²) in [5.74, 6) is 1.99. The van der Waals surface area contributed by atoms with Crippen LogP contribution in [0.25, 0.3) is 0 Å². The van der Waals surface area contributed by atoms with Gasteiger partial charge in [-0.3, -0.25) is 10.3 Å². The van der Waals surface area contributed by atoms with E-state index in [0.717, 1.165) is 70.3 Å². The number of hydrazone groups is 1. The molecule has 3 rings (SSSR count). The summed E-state index contributed by atoms with van der Waals surface area (Å²) < 4.78 is 11.5.